The lowest BCUT2D eigenvalue weighted by molar-refractivity contribution is -0.113. The van der Waals surface area contributed by atoms with Crippen LogP contribution in [-0.2, 0) is 4.79 Å². The van der Waals surface area contributed by atoms with E-state index >= 15 is 0 Å². The summed E-state index contributed by atoms with van der Waals surface area (Å²) in [7, 11) is 0. The predicted octanol–water partition coefficient (Wildman–Crippen LogP) is 4.14. The maximum atomic E-state index is 13.1. The van der Waals surface area contributed by atoms with Crippen molar-refractivity contribution in [2.45, 2.75) is 12.1 Å². The van der Waals surface area contributed by atoms with Crippen LogP contribution in [0.3, 0.4) is 0 Å². The molecule has 1 aromatic heterocycles. The molecule has 0 saturated heterocycles. The van der Waals surface area contributed by atoms with Crippen LogP contribution in [0, 0.1) is 5.82 Å². The molecule has 3 aromatic rings. The second-order valence-corrected chi connectivity index (χ2v) is 6.29. The topological polar surface area (TPSA) is 56.1 Å². The minimum Gasteiger partial charge on any atom is -0.494 e. The Labute approximate surface area is 155 Å². The van der Waals surface area contributed by atoms with E-state index in [2.05, 4.69) is 10.3 Å². The van der Waals surface area contributed by atoms with Crippen molar-refractivity contribution in [1.82, 2.24) is 9.55 Å². The molecule has 0 aliphatic heterocycles. The number of halogens is 1. The van der Waals surface area contributed by atoms with Gasteiger partial charge in [-0.05, 0) is 55.5 Å². The maximum Gasteiger partial charge on any atom is 0.234 e. The van der Waals surface area contributed by atoms with Crippen molar-refractivity contribution in [2.24, 2.45) is 0 Å². The largest absolute Gasteiger partial charge is 0.494 e. The second kappa shape index (κ2) is 8.53. The van der Waals surface area contributed by atoms with Crippen molar-refractivity contribution >= 4 is 23.4 Å². The number of nitrogens with zero attached hydrogens (tertiary/aromatic N) is 2. The number of hydrogen-bond donors (Lipinski definition) is 1. The molecular formula is C19H18FN3O2S. The van der Waals surface area contributed by atoms with Gasteiger partial charge in [-0.3, -0.25) is 9.36 Å². The normalized spacial score (nSPS) is 10.5. The van der Waals surface area contributed by atoms with Gasteiger partial charge in [0.25, 0.3) is 0 Å². The SMILES string of the molecule is CCOc1ccc(NC(=O)CSc2nccn2-c2ccc(F)cc2)cc1. The molecule has 2 aromatic carbocycles. The van der Waals surface area contributed by atoms with E-state index in [-0.39, 0.29) is 17.5 Å². The van der Waals surface area contributed by atoms with E-state index in [0.717, 1.165) is 11.4 Å². The molecule has 0 bridgehead atoms. The number of hydrogen-bond acceptors (Lipinski definition) is 4. The Morgan fingerprint density at radius 1 is 1.19 bits per heavy atom. The van der Waals surface area contributed by atoms with E-state index in [1.54, 1.807) is 36.7 Å². The van der Waals surface area contributed by atoms with Crippen molar-refractivity contribution in [3.8, 4) is 11.4 Å². The van der Waals surface area contributed by atoms with Gasteiger partial charge in [0.2, 0.25) is 5.91 Å². The van der Waals surface area contributed by atoms with Gasteiger partial charge in [-0.1, -0.05) is 11.8 Å². The Morgan fingerprint density at radius 3 is 2.62 bits per heavy atom. The van der Waals surface area contributed by atoms with Gasteiger partial charge in [-0.15, -0.1) is 0 Å². The minimum atomic E-state index is -0.294. The van der Waals surface area contributed by atoms with Crippen LogP contribution in [0.4, 0.5) is 10.1 Å². The van der Waals surface area contributed by atoms with Crippen molar-refractivity contribution in [3.63, 3.8) is 0 Å². The first-order valence-electron chi connectivity index (χ1n) is 8.10. The molecule has 0 radical (unpaired) electrons. The first-order chi connectivity index (χ1) is 12.7. The van der Waals surface area contributed by atoms with Gasteiger partial charge >= 0.3 is 0 Å². The third kappa shape index (κ3) is 4.64. The first kappa shape index (κ1) is 18.0. The van der Waals surface area contributed by atoms with Crippen molar-refractivity contribution in [2.75, 3.05) is 17.7 Å². The molecule has 0 saturated carbocycles. The zero-order valence-electron chi connectivity index (χ0n) is 14.2. The molecule has 0 aliphatic carbocycles. The molecule has 0 atom stereocenters. The van der Waals surface area contributed by atoms with E-state index < -0.39 is 0 Å². The van der Waals surface area contributed by atoms with Crippen LogP contribution in [0.5, 0.6) is 5.75 Å². The summed E-state index contributed by atoms with van der Waals surface area (Å²) in [4.78, 5) is 16.4. The van der Waals surface area contributed by atoms with Crippen molar-refractivity contribution in [3.05, 3.63) is 66.7 Å². The molecular weight excluding hydrogens is 353 g/mol. The number of rotatable bonds is 7. The highest BCUT2D eigenvalue weighted by Crippen LogP contribution is 2.21. The Kier molecular flexibility index (Phi) is 5.91. The number of anilines is 1. The molecule has 134 valence electrons. The number of thioether (sulfide) groups is 1. The predicted molar refractivity (Wildman–Crippen MR) is 100 cm³/mol. The molecule has 5 nitrogen and oxygen atoms in total. The standard InChI is InChI=1S/C19H18FN3O2S/c1-2-25-17-9-5-15(6-10-17)22-18(24)13-26-19-21-11-12-23(19)16-7-3-14(20)4-8-16/h3-12H,2,13H2,1H3,(H,22,24). The lowest BCUT2D eigenvalue weighted by Crippen LogP contribution is -2.14. The number of aromatic nitrogens is 2. The van der Waals surface area contributed by atoms with Crippen molar-refractivity contribution < 1.29 is 13.9 Å². The van der Waals surface area contributed by atoms with E-state index in [0.29, 0.717) is 17.5 Å². The summed E-state index contributed by atoms with van der Waals surface area (Å²) < 4.78 is 20.3. The van der Waals surface area contributed by atoms with Gasteiger partial charge in [-0.2, -0.15) is 0 Å². The molecule has 1 N–H and O–H groups in total. The molecule has 1 heterocycles. The van der Waals surface area contributed by atoms with Crippen LogP contribution < -0.4 is 10.1 Å². The lowest BCUT2D eigenvalue weighted by Gasteiger charge is -2.09. The molecule has 0 unspecified atom stereocenters. The van der Waals surface area contributed by atoms with Crippen LogP contribution in [0.15, 0.2) is 66.1 Å². The zero-order valence-corrected chi connectivity index (χ0v) is 15.0. The van der Waals surface area contributed by atoms with Crippen LogP contribution >= 0.6 is 11.8 Å². The highest BCUT2D eigenvalue weighted by atomic mass is 32.2. The highest BCUT2D eigenvalue weighted by Gasteiger charge is 2.09. The van der Waals surface area contributed by atoms with E-state index in [1.807, 2.05) is 23.6 Å². The summed E-state index contributed by atoms with van der Waals surface area (Å²) in [5.41, 5.74) is 1.50. The molecule has 1 amide bonds. The van der Waals surface area contributed by atoms with Crippen LogP contribution in [0.2, 0.25) is 0 Å². The number of nitrogens with one attached hydrogen (secondary N) is 1. The summed E-state index contributed by atoms with van der Waals surface area (Å²) in [5.74, 6) is 0.553. The Hall–Kier alpha value is -2.80. The van der Waals surface area contributed by atoms with E-state index in [1.165, 1.54) is 23.9 Å². The van der Waals surface area contributed by atoms with Crippen LogP contribution in [0.1, 0.15) is 6.92 Å². The minimum absolute atomic E-state index is 0.132. The molecule has 3 rings (SSSR count). The highest BCUT2D eigenvalue weighted by molar-refractivity contribution is 7.99. The third-order valence-electron chi connectivity index (χ3n) is 3.49. The van der Waals surface area contributed by atoms with Gasteiger partial charge in [0, 0.05) is 23.8 Å². The van der Waals surface area contributed by atoms with Gasteiger partial charge in [0.15, 0.2) is 5.16 Å². The zero-order chi connectivity index (χ0) is 18.4. The summed E-state index contributed by atoms with van der Waals surface area (Å²) in [5, 5.41) is 3.50. The fraction of sp³-hybridized carbons (Fsp3) is 0.158. The number of imidazole rings is 1. The molecule has 26 heavy (non-hydrogen) atoms. The van der Waals surface area contributed by atoms with Gasteiger partial charge in [-0.25, -0.2) is 9.37 Å². The summed E-state index contributed by atoms with van der Waals surface area (Å²) >= 11 is 1.31. The van der Waals surface area contributed by atoms with E-state index in [4.69, 9.17) is 4.74 Å². The van der Waals surface area contributed by atoms with Crippen LogP contribution in [0.25, 0.3) is 5.69 Å². The average Bonchev–Trinajstić information content (AvgIpc) is 3.11. The van der Waals surface area contributed by atoms with Gasteiger partial charge < -0.3 is 10.1 Å². The number of amides is 1. The number of ether oxygens (including phenoxy) is 1. The number of carbonyl (C=O) groups is 1. The van der Waals surface area contributed by atoms with E-state index in [9.17, 15) is 9.18 Å². The summed E-state index contributed by atoms with van der Waals surface area (Å²) in [6.07, 6.45) is 3.43. The number of carbonyl (C=O) groups excluding carboxylic acids is 1. The van der Waals surface area contributed by atoms with Gasteiger partial charge in [0.05, 0.1) is 12.4 Å². The fourth-order valence-electron chi connectivity index (χ4n) is 2.32. The van der Waals surface area contributed by atoms with Gasteiger partial charge in [0.1, 0.15) is 11.6 Å². The fourth-order valence-corrected chi connectivity index (χ4v) is 3.10. The summed E-state index contributed by atoms with van der Waals surface area (Å²) in [6, 6.07) is 13.3. The first-order valence-corrected chi connectivity index (χ1v) is 9.09. The summed E-state index contributed by atoms with van der Waals surface area (Å²) in [6.45, 7) is 2.52. The molecule has 0 spiro atoms. The Morgan fingerprint density at radius 2 is 1.92 bits per heavy atom. The second-order valence-electron chi connectivity index (χ2n) is 5.35. The van der Waals surface area contributed by atoms with Crippen LogP contribution in [-0.4, -0.2) is 27.8 Å². The Balaban J connectivity index is 1.58. The molecule has 0 fully saturated rings. The molecule has 7 heteroatoms. The van der Waals surface area contributed by atoms with Crippen molar-refractivity contribution in [1.29, 1.82) is 0 Å². The third-order valence-corrected chi connectivity index (χ3v) is 4.46. The Bertz CT molecular complexity index is 863. The average molecular weight is 371 g/mol. The monoisotopic (exact) mass is 371 g/mol. The number of benzene rings is 2. The maximum absolute atomic E-state index is 13.1. The quantitative estimate of drug-likeness (QED) is 0.634. The lowest BCUT2D eigenvalue weighted by atomic mass is 10.3. The smallest absolute Gasteiger partial charge is 0.234 e. The molecule has 0 aliphatic rings.